The molecule has 0 saturated heterocycles. The summed E-state index contributed by atoms with van der Waals surface area (Å²) in [7, 11) is 1.45. The smallest absolute Gasteiger partial charge is 0.310 e. The third-order valence-corrected chi connectivity index (χ3v) is 3.45. The van der Waals surface area contributed by atoms with Crippen LogP contribution in [0.1, 0.15) is 19.3 Å². The minimum Gasteiger partial charge on any atom is -0.469 e. The van der Waals surface area contributed by atoms with Crippen molar-refractivity contribution >= 4 is 5.97 Å². The normalized spacial score (nSPS) is 44.8. The monoisotopic (exact) mass is 169 g/mol. The average molecular weight is 169 g/mol. The van der Waals surface area contributed by atoms with E-state index >= 15 is 0 Å². The molecule has 68 valence electrons. The Labute approximate surface area is 72.3 Å². The molecular formula is C9H15NO2. The molecule has 2 saturated carbocycles. The highest BCUT2D eigenvalue weighted by molar-refractivity contribution is 5.74. The van der Waals surface area contributed by atoms with Crippen LogP contribution < -0.4 is 5.73 Å². The zero-order valence-electron chi connectivity index (χ0n) is 7.32. The number of carbonyl (C=O) groups is 1. The minimum atomic E-state index is -0.102. The van der Waals surface area contributed by atoms with Crippen molar-refractivity contribution in [2.75, 3.05) is 7.11 Å². The lowest BCUT2D eigenvalue weighted by Gasteiger charge is -2.25. The SMILES string of the molecule is COC(=O)[C@@H]1[C@H]2CC[C@H](C2)[C@H]1N. The topological polar surface area (TPSA) is 52.3 Å². The van der Waals surface area contributed by atoms with Gasteiger partial charge in [0.15, 0.2) is 0 Å². The summed E-state index contributed by atoms with van der Waals surface area (Å²) in [6, 6.07) is 0.0659. The quantitative estimate of drug-likeness (QED) is 0.583. The van der Waals surface area contributed by atoms with Gasteiger partial charge in [0, 0.05) is 6.04 Å². The van der Waals surface area contributed by atoms with Crippen molar-refractivity contribution in [2.45, 2.75) is 25.3 Å². The van der Waals surface area contributed by atoms with Gasteiger partial charge in [-0.1, -0.05) is 0 Å². The van der Waals surface area contributed by atoms with E-state index in [1.807, 2.05) is 0 Å². The second-order valence-corrected chi connectivity index (χ2v) is 3.96. The van der Waals surface area contributed by atoms with E-state index in [2.05, 4.69) is 0 Å². The molecular weight excluding hydrogens is 154 g/mol. The van der Waals surface area contributed by atoms with Gasteiger partial charge in [0.05, 0.1) is 13.0 Å². The zero-order valence-corrected chi connectivity index (χ0v) is 7.32. The van der Waals surface area contributed by atoms with Crippen LogP contribution in [0.25, 0.3) is 0 Å². The first-order valence-electron chi connectivity index (χ1n) is 4.57. The summed E-state index contributed by atoms with van der Waals surface area (Å²) in [6.07, 6.45) is 3.51. The lowest BCUT2D eigenvalue weighted by Crippen LogP contribution is -2.40. The van der Waals surface area contributed by atoms with E-state index in [4.69, 9.17) is 10.5 Å². The molecule has 3 nitrogen and oxygen atoms in total. The maximum atomic E-state index is 11.3. The molecule has 4 atom stereocenters. The van der Waals surface area contributed by atoms with Crippen molar-refractivity contribution in [1.29, 1.82) is 0 Å². The summed E-state index contributed by atoms with van der Waals surface area (Å²) >= 11 is 0. The summed E-state index contributed by atoms with van der Waals surface area (Å²) in [5, 5.41) is 0. The fourth-order valence-corrected chi connectivity index (χ4v) is 2.82. The van der Waals surface area contributed by atoms with Gasteiger partial charge in [-0.05, 0) is 31.1 Å². The largest absolute Gasteiger partial charge is 0.469 e. The average Bonchev–Trinajstić information content (AvgIpc) is 2.63. The van der Waals surface area contributed by atoms with E-state index in [-0.39, 0.29) is 17.9 Å². The van der Waals surface area contributed by atoms with E-state index in [0.29, 0.717) is 11.8 Å². The molecule has 12 heavy (non-hydrogen) atoms. The molecule has 2 rings (SSSR count). The first kappa shape index (κ1) is 8.05. The Balaban J connectivity index is 2.12. The Kier molecular flexibility index (Phi) is 1.83. The summed E-state index contributed by atoms with van der Waals surface area (Å²) in [5.74, 6) is 0.986. The summed E-state index contributed by atoms with van der Waals surface area (Å²) < 4.78 is 4.74. The van der Waals surface area contributed by atoms with Gasteiger partial charge >= 0.3 is 5.97 Å². The maximum Gasteiger partial charge on any atom is 0.310 e. The molecule has 0 radical (unpaired) electrons. The molecule has 0 aromatic carbocycles. The van der Waals surface area contributed by atoms with Crippen LogP contribution in [-0.2, 0) is 9.53 Å². The molecule has 2 fully saturated rings. The van der Waals surface area contributed by atoms with Crippen LogP contribution in [0.15, 0.2) is 0 Å². The van der Waals surface area contributed by atoms with Crippen molar-refractivity contribution in [3.8, 4) is 0 Å². The first-order valence-corrected chi connectivity index (χ1v) is 4.57. The van der Waals surface area contributed by atoms with E-state index in [0.717, 1.165) is 12.8 Å². The van der Waals surface area contributed by atoms with Gasteiger partial charge in [0.1, 0.15) is 0 Å². The Morgan fingerprint density at radius 3 is 2.58 bits per heavy atom. The van der Waals surface area contributed by atoms with Crippen molar-refractivity contribution in [3.63, 3.8) is 0 Å². The minimum absolute atomic E-state index is 0.00579. The van der Waals surface area contributed by atoms with Gasteiger partial charge in [-0.2, -0.15) is 0 Å². The second kappa shape index (κ2) is 2.73. The molecule has 2 aliphatic carbocycles. The molecule has 0 aromatic heterocycles. The number of fused-ring (bicyclic) bond motifs is 2. The predicted octanol–water partition coefficient (Wildman–Crippen LogP) is 0.533. The number of ether oxygens (including phenoxy) is 1. The van der Waals surface area contributed by atoms with Crippen LogP contribution in [0.4, 0.5) is 0 Å². The summed E-state index contributed by atoms with van der Waals surface area (Å²) in [5.41, 5.74) is 5.94. The van der Waals surface area contributed by atoms with Crippen molar-refractivity contribution in [1.82, 2.24) is 0 Å². The van der Waals surface area contributed by atoms with Crippen LogP contribution in [0.3, 0.4) is 0 Å². The summed E-state index contributed by atoms with van der Waals surface area (Å²) in [4.78, 5) is 11.3. The van der Waals surface area contributed by atoms with E-state index < -0.39 is 0 Å². The van der Waals surface area contributed by atoms with Gasteiger partial charge in [0.25, 0.3) is 0 Å². The first-order chi connectivity index (χ1) is 5.74. The molecule has 0 spiro atoms. The fourth-order valence-electron chi connectivity index (χ4n) is 2.82. The second-order valence-electron chi connectivity index (χ2n) is 3.96. The number of nitrogens with two attached hydrogens (primary N) is 1. The molecule has 0 amide bonds. The maximum absolute atomic E-state index is 11.3. The van der Waals surface area contributed by atoms with Crippen LogP contribution in [0.2, 0.25) is 0 Å². The molecule has 3 heteroatoms. The molecule has 0 heterocycles. The zero-order chi connectivity index (χ0) is 8.72. The predicted molar refractivity (Wildman–Crippen MR) is 44.3 cm³/mol. The highest BCUT2D eigenvalue weighted by atomic mass is 16.5. The number of carbonyl (C=O) groups excluding carboxylic acids is 1. The third-order valence-electron chi connectivity index (χ3n) is 3.45. The standard InChI is InChI=1S/C9H15NO2/c1-12-9(11)7-5-2-3-6(4-5)8(7)10/h5-8H,2-4,10H2,1H3/t5-,6+,7+,8+/m0/s1. The summed E-state index contributed by atoms with van der Waals surface area (Å²) in [6.45, 7) is 0. The van der Waals surface area contributed by atoms with Gasteiger partial charge in [0.2, 0.25) is 0 Å². The van der Waals surface area contributed by atoms with Crippen LogP contribution in [0, 0.1) is 17.8 Å². The van der Waals surface area contributed by atoms with E-state index in [1.54, 1.807) is 0 Å². The fraction of sp³-hybridized carbons (Fsp3) is 0.889. The van der Waals surface area contributed by atoms with E-state index in [9.17, 15) is 4.79 Å². The van der Waals surface area contributed by atoms with Crippen molar-refractivity contribution < 1.29 is 9.53 Å². The lowest BCUT2D eigenvalue weighted by atomic mass is 9.85. The third kappa shape index (κ3) is 0.959. The molecule has 2 bridgehead atoms. The van der Waals surface area contributed by atoms with Gasteiger partial charge < -0.3 is 10.5 Å². The van der Waals surface area contributed by atoms with Crippen LogP contribution >= 0.6 is 0 Å². The number of esters is 1. The van der Waals surface area contributed by atoms with E-state index in [1.165, 1.54) is 13.5 Å². The Bertz CT molecular complexity index is 203. The number of hydrogen-bond acceptors (Lipinski definition) is 3. The lowest BCUT2D eigenvalue weighted by molar-refractivity contribution is -0.147. The number of methoxy groups -OCH3 is 1. The highest BCUT2D eigenvalue weighted by Crippen LogP contribution is 2.47. The van der Waals surface area contributed by atoms with Crippen molar-refractivity contribution in [2.24, 2.45) is 23.5 Å². The number of rotatable bonds is 1. The van der Waals surface area contributed by atoms with Crippen LogP contribution in [0.5, 0.6) is 0 Å². The number of hydrogen-bond donors (Lipinski definition) is 1. The van der Waals surface area contributed by atoms with Gasteiger partial charge in [-0.25, -0.2) is 0 Å². The van der Waals surface area contributed by atoms with Crippen LogP contribution in [-0.4, -0.2) is 19.1 Å². The van der Waals surface area contributed by atoms with Gasteiger partial charge in [-0.15, -0.1) is 0 Å². The Morgan fingerprint density at radius 1 is 1.42 bits per heavy atom. The molecule has 0 unspecified atom stereocenters. The Hall–Kier alpha value is -0.570. The highest BCUT2D eigenvalue weighted by Gasteiger charge is 2.49. The van der Waals surface area contributed by atoms with Crippen molar-refractivity contribution in [3.05, 3.63) is 0 Å². The molecule has 2 aliphatic rings. The molecule has 0 aliphatic heterocycles. The molecule has 2 N–H and O–H groups in total. The van der Waals surface area contributed by atoms with Gasteiger partial charge in [-0.3, -0.25) is 4.79 Å². The molecule has 0 aromatic rings. The Morgan fingerprint density at radius 2 is 2.08 bits per heavy atom.